The summed E-state index contributed by atoms with van der Waals surface area (Å²) in [6.07, 6.45) is 5.52. The molecule has 0 aromatic rings. The largest absolute Gasteiger partial charge is 0.304 e. The highest BCUT2D eigenvalue weighted by molar-refractivity contribution is 6.05. The molecule has 2 fully saturated rings. The predicted octanol–water partition coefficient (Wildman–Crippen LogP) is -0.133. The van der Waals surface area contributed by atoms with E-state index >= 15 is 0 Å². The van der Waals surface area contributed by atoms with Crippen molar-refractivity contribution in [1.29, 1.82) is 0 Å². The number of likely N-dealkylation sites (tertiary alicyclic amines) is 1. The fraction of sp³-hybridized carbons (Fsp3) is 0.833. The van der Waals surface area contributed by atoms with Crippen molar-refractivity contribution in [3.63, 3.8) is 0 Å². The minimum atomic E-state index is -0.311. The summed E-state index contributed by atoms with van der Waals surface area (Å²) in [5, 5.41) is 5.47. The predicted molar refractivity (Wildman–Crippen MR) is 64.5 cm³/mol. The Hall–Kier alpha value is -0.940. The molecule has 5 nitrogen and oxygen atoms in total. The summed E-state index contributed by atoms with van der Waals surface area (Å²) < 4.78 is 0. The normalized spacial score (nSPS) is 26.9. The molecule has 0 bridgehead atoms. The third-order valence-electron chi connectivity index (χ3n) is 3.49. The van der Waals surface area contributed by atoms with Crippen molar-refractivity contribution < 1.29 is 9.59 Å². The summed E-state index contributed by atoms with van der Waals surface area (Å²) >= 11 is 0. The van der Waals surface area contributed by atoms with E-state index in [9.17, 15) is 9.59 Å². The van der Waals surface area contributed by atoms with E-state index in [-0.39, 0.29) is 17.9 Å². The summed E-state index contributed by atoms with van der Waals surface area (Å²) in [5.74, 6) is -0.340. The SMILES string of the molecule is O=C1CC(NCCN2CCCCCC2)C(=O)N1. The molecule has 0 aliphatic carbocycles. The van der Waals surface area contributed by atoms with E-state index in [0.29, 0.717) is 6.42 Å². The number of carbonyl (C=O) groups excluding carboxylic acids is 2. The third kappa shape index (κ3) is 3.78. The van der Waals surface area contributed by atoms with Gasteiger partial charge < -0.3 is 10.2 Å². The van der Waals surface area contributed by atoms with Gasteiger partial charge in [0.25, 0.3) is 0 Å². The zero-order valence-corrected chi connectivity index (χ0v) is 10.2. The molecule has 2 amide bonds. The number of carbonyl (C=O) groups is 2. The van der Waals surface area contributed by atoms with E-state index in [4.69, 9.17) is 0 Å². The first kappa shape index (κ1) is 12.5. The molecule has 0 saturated carbocycles. The van der Waals surface area contributed by atoms with Crippen LogP contribution < -0.4 is 10.6 Å². The maximum Gasteiger partial charge on any atom is 0.244 e. The van der Waals surface area contributed by atoms with E-state index in [1.165, 1.54) is 25.7 Å². The number of nitrogens with zero attached hydrogens (tertiary/aromatic N) is 1. The second kappa shape index (κ2) is 6.12. The molecule has 96 valence electrons. The molecule has 0 aromatic heterocycles. The highest BCUT2D eigenvalue weighted by Crippen LogP contribution is 2.09. The molecule has 2 N–H and O–H groups in total. The summed E-state index contributed by atoms with van der Waals surface area (Å²) in [4.78, 5) is 24.7. The smallest absolute Gasteiger partial charge is 0.244 e. The van der Waals surface area contributed by atoms with Crippen molar-refractivity contribution in [2.45, 2.75) is 38.1 Å². The number of hydrogen-bond donors (Lipinski definition) is 2. The second-order valence-corrected chi connectivity index (χ2v) is 4.88. The van der Waals surface area contributed by atoms with Crippen LogP contribution in [0, 0.1) is 0 Å². The van der Waals surface area contributed by atoms with Gasteiger partial charge in [-0.3, -0.25) is 14.9 Å². The Kier molecular flexibility index (Phi) is 4.50. The summed E-state index contributed by atoms with van der Waals surface area (Å²) in [7, 11) is 0. The minimum Gasteiger partial charge on any atom is -0.304 e. The summed E-state index contributed by atoms with van der Waals surface area (Å²) in [5.41, 5.74) is 0. The van der Waals surface area contributed by atoms with Gasteiger partial charge in [0.05, 0.1) is 12.5 Å². The topological polar surface area (TPSA) is 61.4 Å². The zero-order valence-electron chi connectivity index (χ0n) is 10.2. The van der Waals surface area contributed by atoms with Gasteiger partial charge in [0.2, 0.25) is 11.8 Å². The van der Waals surface area contributed by atoms with Crippen molar-refractivity contribution in [2.24, 2.45) is 0 Å². The van der Waals surface area contributed by atoms with Gasteiger partial charge in [-0.25, -0.2) is 0 Å². The number of nitrogens with one attached hydrogen (secondary N) is 2. The molecule has 2 aliphatic heterocycles. The zero-order chi connectivity index (χ0) is 12.1. The van der Waals surface area contributed by atoms with Crippen molar-refractivity contribution in [2.75, 3.05) is 26.2 Å². The Bertz CT molecular complexity index is 285. The maximum atomic E-state index is 11.3. The molecule has 0 radical (unpaired) electrons. The third-order valence-corrected chi connectivity index (χ3v) is 3.49. The molecular formula is C12H21N3O2. The van der Waals surface area contributed by atoms with Gasteiger partial charge in [-0.05, 0) is 25.9 Å². The lowest BCUT2D eigenvalue weighted by Gasteiger charge is -2.20. The average molecular weight is 239 g/mol. The van der Waals surface area contributed by atoms with Gasteiger partial charge in [0.15, 0.2) is 0 Å². The van der Waals surface area contributed by atoms with Crippen LogP contribution >= 0.6 is 0 Å². The van der Waals surface area contributed by atoms with E-state index in [1.807, 2.05) is 0 Å². The van der Waals surface area contributed by atoms with Crippen molar-refractivity contribution >= 4 is 11.8 Å². The second-order valence-electron chi connectivity index (χ2n) is 4.88. The van der Waals surface area contributed by atoms with Crippen LogP contribution in [0.5, 0.6) is 0 Å². The molecule has 0 aromatic carbocycles. The molecular weight excluding hydrogens is 218 g/mol. The maximum absolute atomic E-state index is 11.3. The van der Waals surface area contributed by atoms with Crippen LogP contribution in [0.4, 0.5) is 0 Å². The van der Waals surface area contributed by atoms with Crippen molar-refractivity contribution in [1.82, 2.24) is 15.5 Å². The van der Waals surface area contributed by atoms with Crippen LogP contribution in [0.25, 0.3) is 0 Å². The number of rotatable bonds is 4. The molecule has 2 heterocycles. The Balaban J connectivity index is 1.65. The van der Waals surface area contributed by atoms with Gasteiger partial charge in [-0.15, -0.1) is 0 Å². The van der Waals surface area contributed by atoms with Gasteiger partial charge in [-0.1, -0.05) is 12.8 Å². The number of imide groups is 1. The highest BCUT2D eigenvalue weighted by atomic mass is 16.2. The minimum absolute atomic E-state index is 0.165. The van der Waals surface area contributed by atoms with Crippen LogP contribution in [0.1, 0.15) is 32.1 Å². The van der Waals surface area contributed by atoms with E-state index in [0.717, 1.165) is 26.2 Å². The van der Waals surface area contributed by atoms with E-state index < -0.39 is 0 Å². The Morgan fingerprint density at radius 3 is 2.47 bits per heavy atom. The number of hydrogen-bond acceptors (Lipinski definition) is 4. The fourth-order valence-electron chi connectivity index (χ4n) is 2.48. The van der Waals surface area contributed by atoms with E-state index in [2.05, 4.69) is 15.5 Å². The first-order valence-corrected chi connectivity index (χ1v) is 6.55. The van der Waals surface area contributed by atoms with Crippen LogP contribution in [0.15, 0.2) is 0 Å². The average Bonchev–Trinajstić information content (AvgIpc) is 2.54. The first-order valence-electron chi connectivity index (χ1n) is 6.55. The summed E-state index contributed by atoms with van der Waals surface area (Å²) in [6, 6.07) is -0.311. The van der Waals surface area contributed by atoms with Gasteiger partial charge >= 0.3 is 0 Å². The molecule has 5 heteroatoms. The Morgan fingerprint density at radius 2 is 1.88 bits per heavy atom. The monoisotopic (exact) mass is 239 g/mol. The van der Waals surface area contributed by atoms with Crippen LogP contribution in [-0.2, 0) is 9.59 Å². The van der Waals surface area contributed by atoms with Crippen molar-refractivity contribution in [3.8, 4) is 0 Å². The van der Waals surface area contributed by atoms with Crippen molar-refractivity contribution in [3.05, 3.63) is 0 Å². The Labute approximate surface area is 102 Å². The summed E-state index contributed by atoms with van der Waals surface area (Å²) in [6.45, 7) is 4.08. The lowest BCUT2D eigenvalue weighted by atomic mass is 10.2. The molecule has 2 aliphatic rings. The molecule has 2 rings (SSSR count). The lowest BCUT2D eigenvalue weighted by Crippen LogP contribution is -2.41. The van der Waals surface area contributed by atoms with E-state index in [1.54, 1.807) is 0 Å². The molecule has 17 heavy (non-hydrogen) atoms. The fourth-order valence-corrected chi connectivity index (χ4v) is 2.48. The van der Waals surface area contributed by atoms with Gasteiger partial charge in [-0.2, -0.15) is 0 Å². The molecule has 0 spiro atoms. The van der Waals surface area contributed by atoms with Gasteiger partial charge in [0, 0.05) is 13.1 Å². The van der Waals surface area contributed by atoms with Crippen LogP contribution in [0.3, 0.4) is 0 Å². The Morgan fingerprint density at radius 1 is 1.18 bits per heavy atom. The molecule has 1 atom stereocenters. The highest BCUT2D eigenvalue weighted by Gasteiger charge is 2.29. The molecule has 1 unspecified atom stereocenters. The number of amides is 2. The van der Waals surface area contributed by atoms with Gasteiger partial charge in [0.1, 0.15) is 0 Å². The standard InChI is InChI=1S/C12H21N3O2/c16-11-9-10(12(17)14-11)13-5-8-15-6-3-1-2-4-7-15/h10,13H,1-9H2,(H,14,16,17). The first-order chi connectivity index (χ1) is 8.25. The van der Waals surface area contributed by atoms with Crippen LogP contribution in [-0.4, -0.2) is 48.9 Å². The van der Waals surface area contributed by atoms with Crippen LogP contribution in [0.2, 0.25) is 0 Å². The lowest BCUT2D eigenvalue weighted by molar-refractivity contribution is -0.125. The quantitative estimate of drug-likeness (QED) is 0.671. The molecule has 2 saturated heterocycles.